The second-order valence-corrected chi connectivity index (χ2v) is 9.00. The fraction of sp³-hybridized carbons (Fsp3) is 0.280. The number of nitriles is 1. The molecule has 1 aromatic heterocycles. The Hall–Kier alpha value is -4.61. The highest BCUT2D eigenvalue weighted by molar-refractivity contribution is 7.98. The number of hydrogen-bond donors (Lipinski definition) is 3. The lowest BCUT2D eigenvalue weighted by atomic mass is 10.2. The van der Waals surface area contributed by atoms with Gasteiger partial charge in [0.25, 0.3) is 0 Å². The predicted octanol–water partition coefficient (Wildman–Crippen LogP) is 2.50. The van der Waals surface area contributed by atoms with Crippen LogP contribution in [-0.4, -0.2) is 87.7 Å². The number of nitrogens with two attached hydrogens (primary N) is 1. The van der Waals surface area contributed by atoms with Crippen molar-refractivity contribution in [3.8, 4) is 23.4 Å². The minimum absolute atomic E-state index is 0.153. The Bertz CT molecular complexity index is 1250. The molecule has 0 atom stereocenters. The first kappa shape index (κ1) is 30.6. The number of benzene rings is 2. The quantitative estimate of drug-likeness (QED) is 0.0781. The molecular formula is C25H29N7O6S. The average molecular weight is 556 g/mol. The number of guanidine groups is 1. The Morgan fingerprint density at radius 3 is 2.33 bits per heavy atom. The van der Waals surface area contributed by atoms with E-state index >= 15 is 0 Å². The molecule has 3 aromatic rings. The standard InChI is InChI=1S/C23H27N7O2S.C2H2O4/c1-29(2)12-13-30(17-24)23(25)26-19-10-8-18(9-11-19)22-28-27-21(32-22)16-33-15-14-31-20-6-4-3-5-7-20;3-1(4)2(5)6/h3-11H,12-16H2,1-2H3,(H2,25,26);(H,3,4)(H,5,6). The van der Waals surface area contributed by atoms with E-state index in [4.69, 9.17) is 34.7 Å². The molecule has 0 aliphatic rings. The van der Waals surface area contributed by atoms with Crippen LogP contribution in [0.15, 0.2) is 64.0 Å². The van der Waals surface area contributed by atoms with Crippen molar-refractivity contribution in [1.82, 2.24) is 20.0 Å². The summed E-state index contributed by atoms with van der Waals surface area (Å²) in [5, 5.41) is 32.3. The van der Waals surface area contributed by atoms with Gasteiger partial charge >= 0.3 is 11.9 Å². The molecule has 0 aliphatic carbocycles. The number of nitrogens with zero attached hydrogens (tertiary/aromatic N) is 6. The van der Waals surface area contributed by atoms with Gasteiger partial charge in [-0.2, -0.15) is 5.26 Å². The Morgan fingerprint density at radius 2 is 1.74 bits per heavy atom. The number of aromatic nitrogens is 2. The summed E-state index contributed by atoms with van der Waals surface area (Å²) in [6.45, 7) is 1.78. The molecule has 0 amide bonds. The Labute approximate surface area is 229 Å². The molecule has 0 saturated carbocycles. The number of carboxylic acid groups (broad SMARTS) is 2. The summed E-state index contributed by atoms with van der Waals surface area (Å²) in [5.41, 5.74) is 7.40. The van der Waals surface area contributed by atoms with Crippen molar-refractivity contribution in [2.75, 3.05) is 39.5 Å². The van der Waals surface area contributed by atoms with Crippen molar-refractivity contribution in [2.45, 2.75) is 5.75 Å². The highest BCUT2D eigenvalue weighted by Crippen LogP contribution is 2.23. The van der Waals surface area contributed by atoms with Crippen LogP contribution in [0.25, 0.3) is 11.5 Å². The first-order valence-electron chi connectivity index (χ1n) is 11.5. The van der Waals surface area contributed by atoms with E-state index in [-0.39, 0.29) is 5.96 Å². The van der Waals surface area contributed by atoms with Crippen molar-refractivity contribution in [3.05, 3.63) is 60.5 Å². The van der Waals surface area contributed by atoms with Crippen LogP contribution in [-0.2, 0) is 15.3 Å². The van der Waals surface area contributed by atoms with E-state index in [0.29, 0.717) is 42.9 Å². The molecule has 0 aliphatic heterocycles. The number of para-hydroxylation sites is 1. The van der Waals surface area contributed by atoms with Crippen LogP contribution in [0.2, 0.25) is 0 Å². The number of aliphatic carboxylic acids is 2. The number of rotatable bonds is 11. The normalized spacial score (nSPS) is 10.8. The highest BCUT2D eigenvalue weighted by atomic mass is 32.2. The number of thioether (sulfide) groups is 1. The summed E-state index contributed by atoms with van der Waals surface area (Å²) >= 11 is 1.67. The lowest BCUT2D eigenvalue weighted by molar-refractivity contribution is -0.159. The van der Waals surface area contributed by atoms with Crippen LogP contribution in [0.1, 0.15) is 5.89 Å². The fourth-order valence-electron chi connectivity index (χ4n) is 2.71. The predicted molar refractivity (Wildman–Crippen MR) is 145 cm³/mol. The molecule has 0 saturated heterocycles. The molecule has 0 unspecified atom stereocenters. The number of carboxylic acids is 2. The summed E-state index contributed by atoms with van der Waals surface area (Å²) in [4.78, 5) is 25.9. The van der Waals surface area contributed by atoms with Gasteiger partial charge in [-0.15, -0.1) is 22.0 Å². The van der Waals surface area contributed by atoms with Crippen molar-refractivity contribution in [3.63, 3.8) is 0 Å². The Balaban J connectivity index is 0.000000798. The Kier molecular flexibility index (Phi) is 12.8. The zero-order valence-electron chi connectivity index (χ0n) is 21.4. The van der Waals surface area contributed by atoms with E-state index in [0.717, 1.165) is 17.1 Å². The maximum absolute atomic E-state index is 9.29. The van der Waals surface area contributed by atoms with Crippen LogP contribution in [0.4, 0.5) is 5.69 Å². The molecule has 13 nitrogen and oxygen atoms in total. The number of aliphatic imine (C=N–C) groups is 1. The van der Waals surface area contributed by atoms with Gasteiger partial charge in [0, 0.05) is 24.4 Å². The van der Waals surface area contributed by atoms with Gasteiger partial charge < -0.3 is 30.0 Å². The summed E-state index contributed by atoms with van der Waals surface area (Å²) in [6, 6.07) is 17.0. The smallest absolute Gasteiger partial charge is 0.414 e. The second-order valence-electron chi connectivity index (χ2n) is 7.90. The number of hydrogen-bond acceptors (Lipinski definition) is 10. The van der Waals surface area contributed by atoms with E-state index in [1.54, 1.807) is 23.9 Å². The minimum Gasteiger partial charge on any atom is -0.493 e. The largest absolute Gasteiger partial charge is 0.493 e. The molecule has 39 heavy (non-hydrogen) atoms. The van der Waals surface area contributed by atoms with Crippen LogP contribution in [0.5, 0.6) is 5.75 Å². The van der Waals surface area contributed by atoms with Gasteiger partial charge in [-0.05, 0) is 50.5 Å². The maximum atomic E-state index is 9.29. The van der Waals surface area contributed by atoms with Crippen LogP contribution >= 0.6 is 11.8 Å². The van der Waals surface area contributed by atoms with E-state index < -0.39 is 11.9 Å². The molecule has 1 heterocycles. The van der Waals surface area contributed by atoms with Gasteiger partial charge in [-0.3, -0.25) is 0 Å². The third-order valence-corrected chi connectivity index (χ3v) is 5.55. The molecule has 4 N–H and O–H groups in total. The lowest BCUT2D eigenvalue weighted by Crippen LogP contribution is -2.37. The first-order chi connectivity index (χ1) is 18.7. The van der Waals surface area contributed by atoms with Gasteiger partial charge in [0.05, 0.1) is 18.0 Å². The molecule has 0 spiro atoms. The molecule has 0 bridgehead atoms. The Morgan fingerprint density at radius 1 is 1.08 bits per heavy atom. The average Bonchev–Trinajstić information content (AvgIpc) is 3.39. The van der Waals surface area contributed by atoms with Gasteiger partial charge in [-0.25, -0.2) is 19.5 Å². The fourth-order valence-corrected chi connectivity index (χ4v) is 3.35. The summed E-state index contributed by atoms with van der Waals surface area (Å²) < 4.78 is 11.4. The van der Waals surface area contributed by atoms with E-state index in [1.807, 2.05) is 61.5 Å². The third-order valence-electron chi connectivity index (χ3n) is 4.64. The molecule has 2 aromatic carbocycles. The maximum Gasteiger partial charge on any atom is 0.414 e. The zero-order valence-corrected chi connectivity index (χ0v) is 22.2. The number of carbonyl (C=O) groups is 2. The van der Waals surface area contributed by atoms with Crippen LogP contribution in [0.3, 0.4) is 0 Å². The van der Waals surface area contributed by atoms with E-state index in [1.165, 1.54) is 4.90 Å². The molecule has 0 fully saturated rings. The van der Waals surface area contributed by atoms with Gasteiger partial charge in [0.15, 0.2) is 6.19 Å². The lowest BCUT2D eigenvalue weighted by Gasteiger charge is -2.17. The monoisotopic (exact) mass is 555 g/mol. The van der Waals surface area contributed by atoms with Crippen molar-refractivity contribution in [1.29, 1.82) is 5.26 Å². The van der Waals surface area contributed by atoms with Crippen LogP contribution in [0, 0.1) is 11.5 Å². The zero-order chi connectivity index (χ0) is 28.6. The van der Waals surface area contributed by atoms with Gasteiger partial charge in [0.2, 0.25) is 17.7 Å². The van der Waals surface area contributed by atoms with Crippen molar-refractivity contribution >= 4 is 35.3 Å². The SMILES string of the molecule is CN(C)CCN(C#N)C(N)=Nc1ccc(-c2nnc(CSCCOc3ccccc3)o2)cc1.O=C(O)C(=O)O. The molecular weight excluding hydrogens is 526 g/mol. The first-order valence-corrected chi connectivity index (χ1v) is 12.7. The molecule has 0 radical (unpaired) electrons. The van der Waals surface area contributed by atoms with Crippen molar-refractivity contribution < 1.29 is 29.0 Å². The topological polar surface area (TPSA) is 191 Å². The van der Waals surface area contributed by atoms with Crippen molar-refractivity contribution in [2.24, 2.45) is 10.7 Å². The number of likely N-dealkylation sites (N-methyl/N-ethyl adjacent to an activating group) is 1. The van der Waals surface area contributed by atoms with E-state index in [9.17, 15) is 5.26 Å². The minimum atomic E-state index is -1.82. The van der Waals surface area contributed by atoms with Crippen LogP contribution < -0.4 is 10.5 Å². The summed E-state index contributed by atoms with van der Waals surface area (Å²) in [5.74, 6) is -0.200. The number of ether oxygens (including phenoxy) is 1. The third kappa shape index (κ3) is 11.5. The molecule has 206 valence electrons. The molecule has 14 heteroatoms. The van der Waals surface area contributed by atoms with Gasteiger partial charge in [0.1, 0.15) is 5.75 Å². The highest BCUT2D eigenvalue weighted by Gasteiger charge is 2.10. The van der Waals surface area contributed by atoms with E-state index in [2.05, 4.69) is 21.4 Å². The summed E-state index contributed by atoms with van der Waals surface area (Å²) in [7, 11) is 3.87. The summed E-state index contributed by atoms with van der Waals surface area (Å²) in [6.07, 6.45) is 2.06. The second kappa shape index (κ2) is 16.3. The molecule has 3 rings (SSSR count). The van der Waals surface area contributed by atoms with Gasteiger partial charge in [-0.1, -0.05) is 18.2 Å².